The minimum absolute atomic E-state index is 0.633. The van der Waals surface area contributed by atoms with E-state index in [0.29, 0.717) is 17.5 Å². The van der Waals surface area contributed by atoms with Gasteiger partial charge >= 0.3 is 0 Å². The Morgan fingerprint density at radius 2 is 1.55 bits per heavy atom. The Labute approximate surface area is 125 Å². The third kappa shape index (κ3) is 2.66. The second-order valence-electron chi connectivity index (χ2n) is 8.42. The van der Waals surface area contributed by atoms with Gasteiger partial charge in [0.1, 0.15) is 0 Å². The predicted octanol–water partition coefficient (Wildman–Crippen LogP) is 3.52. The van der Waals surface area contributed by atoms with Crippen molar-refractivity contribution in [2.24, 2.45) is 23.2 Å². The smallest absolute Gasteiger partial charge is 0.0251 e. The molecule has 0 aromatic rings. The standard InChI is InChI=1S/C18H34N2/c1-5-19-17(12-20(4)13(2)3)18-9-14-6-15(10-18)8-16(7-14)11-18/h13-17,19H,5-12H2,1-4H3. The molecule has 0 spiro atoms. The van der Waals surface area contributed by atoms with Crippen molar-refractivity contribution in [1.29, 1.82) is 0 Å². The summed E-state index contributed by atoms with van der Waals surface area (Å²) in [6, 6.07) is 1.37. The maximum atomic E-state index is 3.88. The van der Waals surface area contributed by atoms with E-state index < -0.39 is 0 Å². The molecule has 0 radical (unpaired) electrons. The molecule has 4 fully saturated rings. The lowest BCUT2D eigenvalue weighted by atomic mass is 9.47. The summed E-state index contributed by atoms with van der Waals surface area (Å²) in [4.78, 5) is 2.55. The van der Waals surface area contributed by atoms with Gasteiger partial charge in [-0.05, 0) is 89.1 Å². The third-order valence-corrected chi connectivity index (χ3v) is 6.63. The number of nitrogens with zero attached hydrogens (tertiary/aromatic N) is 1. The summed E-state index contributed by atoms with van der Waals surface area (Å²) in [5.41, 5.74) is 0.633. The molecule has 4 bridgehead atoms. The highest BCUT2D eigenvalue weighted by Crippen LogP contribution is 2.61. The fraction of sp³-hybridized carbons (Fsp3) is 1.00. The molecule has 0 aromatic carbocycles. The van der Waals surface area contributed by atoms with Gasteiger partial charge < -0.3 is 10.2 Å². The molecule has 2 nitrogen and oxygen atoms in total. The molecular formula is C18H34N2. The van der Waals surface area contributed by atoms with Crippen LogP contribution >= 0.6 is 0 Å². The fourth-order valence-corrected chi connectivity index (χ4v) is 5.82. The first kappa shape index (κ1) is 14.8. The Morgan fingerprint density at radius 3 is 1.95 bits per heavy atom. The first-order chi connectivity index (χ1) is 9.52. The van der Waals surface area contributed by atoms with Gasteiger partial charge in [0.05, 0.1) is 0 Å². The van der Waals surface area contributed by atoms with E-state index in [2.05, 4.69) is 38.0 Å². The summed E-state index contributed by atoms with van der Waals surface area (Å²) in [5.74, 6) is 3.19. The zero-order valence-corrected chi connectivity index (χ0v) is 14.0. The molecule has 1 unspecified atom stereocenters. The second kappa shape index (κ2) is 5.61. The Kier molecular flexibility index (Phi) is 4.16. The highest BCUT2D eigenvalue weighted by Gasteiger charge is 2.54. The number of rotatable bonds is 6. The molecule has 4 aliphatic rings. The molecule has 0 saturated heterocycles. The normalized spacial score (nSPS) is 40.8. The SMILES string of the molecule is CCNC(CN(C)C(C)C)C12CC3CC(CC(C3)C1)C2. The fourth-order valence-electron chi connectivity index (χ4n) is 5.82. The van der Waals surface area contributed by atoms with Crippen molar-refractivity contribution in [2.75, 3.05) is 20.1 Å². The molecule has 0 aliphatic heterocycles. The van der Waals surface area contributed by atoms with Crippen LogP contribution in [0.2, 0.25) is 0 Å². The summed E-state index contributed by atoms with van der Waals surface area (Å²) in [7, 11) is 2.30. The van der Waals surface area contributed by atoms with Crippen LogP contribution in [0, 0.1) is 23.2 Å². The minimum Gasteiger partial charge on any atom is -0.312 e. The van der Waals surface area contributed by atoms with Gasteiger partial charge in [-0.1, -0.05) is 6.92 Å². The lowest BCUT2D eigenvalue weighted by Gasteiger charge is -2.60. The van der Waals surface area contributed by atoms with E-state index in [9.17, 15) is 0 Å². The molecule has 0 heterocycles. The first-order valence-corrected chi connectivity index (χ1v) is 8.96. The maximum absolute atomic E-state index is 3.88. The van der Waals surface area contributed by atoms with Crippen LogP contribution < -0.4 is 5.32 Å². The molecule has 0 aromatic heterocycles. The molecule has 4 aliphatic carbocycles. The van der Waals surface area contributed by atoms with Crippen molar-refractivity contribution in [1.82, 2.24) is 10.2 Å². The lowest BCUT2D eigenvalue weighted by Crippen LogP contribution is -2.59. The average Bonchev–Trinajstić information content (AvgIpc) is 2.36. The molecule has 1 N–H and O–H groups in total. The summed E-state index contributed by atoms with van der Waals surface area (Å²) in [6.45, 7) is 9.28. The van der Waals surface area contributed by atoms with Gasteiger partial charge in [0.25, 0.3) is 0 Å². The van der Waals surface area contributed by atoms with Crippen LogP contribution in [0.15, 0.2) is 0 Å². The molecule has 1 atom stereocenters. The van der Waals surface area contributed by atoms with Crippen LogP contribution in [0.25, 0.3) is 0 Å². The molecule has 2 heteroatoms. The average molecular weight is 278 g/mol. The summed E-state index contributed by atoms with van der Waals surface area (Å²) >= 11 is 0. The van der Waals surface area contributed by atoms with E-state index in [-0.39, 0.29) is 0 Å². The van der Waals surface area contributed by atoms with Crippen LogP contribution in [0.5, 0.6) is 0 Å². The number of hydrogen-bond donors (Lipinski definition) is 1. The molecule has 0 amide bonds. The van der Waals surface area contributed by atoms with Crippen LogP contribution in [-0.4, -0.2) is 37.1 Å². The van der Waals surface area contributed by atoms with Gasteiger partial charge in [0.2, 0.25) is 0 Å². The van der Waals surface area contributed by atoms with Crippen molar-refractivity contribution in [3.8, 4) is 0 Å². The van der Waals surface area contributed by atoms with Gasteiger partial charge in [0, 0.05) is 18.6 Å². The summed E-state index contributed by atoms with van der Waals surface area (Å²) in [6.07, 6.45) is 9.21. The van der Waals surface area contributed by atoms with Crippen molar-refractivity contribution >= 4 is 0 Å². The minimum atomic E-state index is 0.633. The van der Waals surface area contributed by atoms with Gasteiger partial charge in [-0.15, -0.1) is 0 Å². The molecular weight excluding hydrogens is 244 g/mol. The molecule has 116 valence electrons. The van der Waals surface area contributed by atoms with Crippen molar-refractivity contribution in [3.05, 3.63) is 0 Å². The van der Waals surface area contributed by atoms with Crippen molar-refractivity contribution < 1.29 is 0 Å². The Balaban J connectivity index is 1.76. The van der Waals surface area contributed by atoms with Gasteiger partial charge in [-0.3, -0.25) is 0 Å². The summed E-state index contributed by atoms with van der Waals surface area (Å²) in [5, 5.41) is 3.88. The highest BCUT2D eigenvalue weighted by molar-refractivity contribution is 5.06. The van der Waals surface area contributed by atoms with E-state index in [1.807, 2.05) is 0 Å². The topological polar surface area (TPSA) is 15.3 Å². The van der Waals surface area contributed by atoms with Gasteiger partial charge in [-0.25, -0.2) is 0 Å². The monoisotopic (exact) mass is 278 g/mol. The number of nitrogens with one attached hydrogen (secondary N) is 1. The largest absolute Gasteiger partial charge is 0.312 e. The van der Waals surface area contributed by atoms with E-state index in [4.69, 9.17) is 0 Å². The van der Waals surface area contributed by atoms with E-state index in [0.717, 1.165) is 24.3 Å². The Morgan fingerprint density at radius 1 is 1.05 bits per heavy atom. The maximum Gasteiger partial charge on any atom is 0.0251 e. The van der Waals surface area contributed by atoms with Crippen molar-refractivity contribution in [3.63, 3.8) is 0 Å². The van der Waals surface area contributed by atoms with Crippen LogP contribution in [0.1, 0.15) is 59.3 Å². The summed E-state index contributed by atoms with van der Waals surface area (Å²) < 4.78 is 0. The van der Waals surface area contributed by atoms with Crippen LogP contribution in [0.3, 0.4) is 0 Å². The van der Waals surface area contributed by atoms with E-state index >= 15 is 0 Å². The third-order valence-electron chi connectivity index (χ3n) is 6.63. The van der Waals surface area contributed by atoms with Gasteiger partial charge in [0.15, 0.2) is 0 Å². The van der Waals surface area contributed by atoms with Crippen molar-refractivity contribution in [2.45, 2.75) is 71.4 Å². The second-order valence-corrected chi connectivity index (χ2v) is 8.42. The first-order valence-electron chi connectivity index (χ1n) is 8.96. The molecule has 20 heavy (non-hydrogen) atoms. The highest BCUT2D eigenvalue weighted by atomic mass is 15.2. The van der Waals surface area contributed by atoms with E-state index in [1.54, 1.807) is 19.3 Å². The van der Waals surface area contributed by atoms with Gasteiger partial charge in [-0.2, -0.15) is 0 Å². The zero-order chi connectivity index (χ0) is 14.3. The number of hydrogen-bond acceptors (Lipinski definition) is 2. The van der Waals surface area contributed by atoms with Crippen LogP contribution in [0.4, 0.5) is 0 Å². The lowest BCUT2D eigenvalue weighted by molar-refractivity contribution is -0.0786. The Bertz CT molecular complexity index is 301. The quantitative estimate of drug-likeness (QED) is 0.800. The number of likely N-dealkylation sites (N-methyl/N-ethyl adjacent to an activating group) is 2. The predicted molar refractivity (Wildman–Crippen MR) is 85.8 cm³/mol. The molecule has 4 rings (SSSR count). The molecule has 4 saturated carbocycles. The zero-order valence-electron chi connectivity index (χ0n) is 14.0. The van der Waals surface area contributed by atoms with E-state index in [1.165, 1.54) is 25.8 Å². The Hall–Kier alpha value is -0.0800. The van der Waals surface area contributed by atoms with Crippen LogP contribution in [-0.2, 0) is 0 Å².